The Hall–Kier alpha value is -1.37. The number of carbonyl (C=O) groups excluding carboxylic acids is 1. The average Bonchev–Trinajstić information content (AvgIpc) is 2.91. The monoisotopic (exact) mass is 398 g/mol. The van der Waals surface area contributed by atoms with Gasteiger partial charge in [-0.1, -0.05) is 15.9 Å². The van der Waals surface area contributed by atoms with Gasteiger partial charge in [0.05, 0.1) is 5.69 Å². The van der Waals surface area contributed by atoms with Crippen LogP contribution in [-0.4, -0.2) is 34.8 Å². The molecule has 1 atom stereocenters. The van der Waals surface area contributed by atoms with Crippen LogP contribution >= 0.6 is 28.3 Å². The fourth-order valence-corrected chi connectivity index (χ4v) is 2.93. The molecule has 1 aliphatic rings. The van der Waals surface area contributed by atoms with E-state index < -0.39 is 0 Å². The second-order valence-corrected chi connectivity index (χ2v) is 6.49. The first-order valence-electron chi connectivity index (χ1n) is 7.47. The van der Waals surface area contributed by atoms with Crippen LogP contribution in [0.2, 0.25) is 0 Å². The first kappa shape index (κ1) is 18.0. The molecule has 0 unspecified atom stereocenters. The van der Waals surface area contributed by atoms with Gasteiger partial charge in [-0.3, -0.25) is 4.79 Å². The molecule has 1 aromatic carbocycles. The number of nitrogens with zero attached hydrogens (tertiary/aromatic N) is 2. The zero-order chi connectivity index (χ0) is 15.5. The van der Waals surface area contributed by atoms with E-state index in [0.717, 1.165) is 41.8 Å². The molecule has 124 valence electrons. The topological polar surface area (TPSA) is 59.0 Å². The predicted octanol–water partition coefficient (Wildman–Crippen LogP) is 2.85. The van der Waals surface area contributed by atoms with Crippen molar-refractivity contribution in [1.82, 2.24) is 20.4 Å². The van der Waals surface area contributed by atoms with E-state index in [9.17, 15) is 4.79 Å². The quantitative estimate of drug-likeness (QED) is 0.834. The summed E-state index contributed by atoms with van der Waals surface area (Å²) in [6, 6.07) is 9.88. The minimum Gasteiger partial charge on any atom is -0.347 e. The number of amides is 1. The van der Waals surface area contributed by atoms with Crippen LogP contribution in [0.5, 0.6) is 0 Å². The smallest absolute Gasteiger partial charge is 0.272 e. The highest BCUT2D eigenvalue weighted by atomic mass is 79.9. The van der Waals surface area contributed by atoms with Crippen molar-refractivity contribution in [2.24, 2.45) is 0 Å². The van der Waals surface area contributed by atoms with Crippen LogP contribution in [-0.2, 0) is 0 Å². The Kier molecular flexibility index (Phi) is 6.21. The molecule has 5 nitrogen and oxygen atoms in total. The predicted molar refractivity (Wildman–Crippen MR) is 96.6 cm³/mol. The van der Waals surface area contributed by atoms with Crippen molar-refractivity contribution in [3.63, 3.8) is 0 Å². The van der Waals surface area contributed by atoms with Gasteiger partial charge in [0.2, 0.25) is 0 Å². The highest BCUT2D eigenvalue weighted by Crippen LogP contribution is 2.16. The first-order valence-corrected chi connectivity index (χ1v) is 8.27. The van der Waals surface area contributed by atoms with Crippen LogP contribution < -0.4 is 10.6 Å². The Morgan fingerprint density at radius 1 is 1.39 bits per heavy atom. The lowest BCUT2D eigenvalue weighted by Gasteiger charge is -2.23. The van der Waals surface area contributed by atoms with Crippen molar-refractivity contribution in [3.8, 4) is 5.69 Å². The highest BCUT2D eigenvalue weighted by molar-refractivity contribution is 9.10. The number of hydrogen-bond acceptors (Lipinski definition) is 3. The largest absolute Gasteiger partial charge is 0.347 e. The summed E-state index contributed by atoms with van der Waals surface area (Å²) in [6.45, 7) is 3.82. The normalized spacial score (nSPS) is 17.4. The summed E-state index contributed by atoms with van der Waals surface area (Å²) >= 11 is 3.42. The summed E-state index contributed by atoms with van der Waals surface area (Å²) in [5.74, 6) is -0.104. The number of hydrogen-bond donors (Lipinski definition) is 2. The molecule has 3 rings (SSSR count). The van der Waals surface area contributed by atoms with E-state index in [2.05, 4.69) is 31.7 Å². The molecule has 1 fully saturated rings. The number of carbonyl (C=O) groups is 1. The van der Waals surface area contributed by atoms with Gasteiger partial charge in [-0.2, -0.15) is 5.10 Å². The summed E-state index contributed by atoms with van der Waals surface area (Å²) in [6.07, 6.45) is 2.11. The van der Waals surface area contributed by atoms with Crippen LogP contribution in [0.1, 0.15) is 29.0 Å². The standard InChI is InChI=1S/C16H19BrN4O.ClH/c1-11-9-15(16(22)19-13-3-2-8-18-10-13)20-21(11)14-6-4-12(17)5-7-14;/h4-7,9,13,18H,2-3,8,10H2,1H3,(H,19,22);1H/t13-;/m0./s1. The van der Waals surface area contributed by atoms with Crippen molar-refractivity contribution in [3.05, 3.63) is 46.2 Å². The van der Waals surface area contributed by atoms with Crippen molar-refractivity contribution in [1.29, 1.82) is 0 Å². The number of rotatable bonds is 3. The highest BCUT2D eigenvalue weighted by Gasteiger charge is 2.19. The molecule has 1 amide bonds. The van der Waals surface area contributed by atoms with E-state index >= 15 is 0 Å². The summed E-state index contributed by atoms with van der Waals surface area (Å²) < 4.78 is 2.81. The SMILES string of the molecule is Cc1cc(C(=O)N[C@H]2CCCNC2)nn1-c1ccc(Br)cc1.Cl. The number of aryl methyl sites for hydroxylation is 1. The molecular formula is C16H20BrClN4O. The third-order valence-corrected chi connectivity index (χ3v) is 4.35. The molecule has 0 radical (unpaired) electrons. The molecule has 2 N–H and O–H groups in total. The number of aromatic nitrogens is 2. The number of piperidine rings is 1. The van der Waals surface area contributed by atoms with Crippen molar-refractivity contribution >= 4 is 34.2 Å². The maximum absolute atomic E-state index is 12.3. The zero-order valence-electron chi connectivity index (χ0n) is 12.9. The Balaban J connectivity index is 0.00000192. The molecule has 1 aliphatic heterocycles. The van der Waals surface area contributed by atoms with Gasteiger partial charge < -0.3 is 10.6 Å². The fourth-order valence-electron chi connectivity index (χ4n) is 2.66. The minimum atomic E-state index is -0.104. The molecule has 2 heterocycles. The summed E-state index contributed by atoms with van der Waals surface area (Å²) in [5.41, 5.74) is 2.35. The average molecular weight is 400 g/mol. The Bertz CT molecular complexity index is 665. The van der Waals surface area contributed by atoms with E-state index in [1.54, 1.807) is 4.68 Å². The molecule has 0 saturated carbocycles. The van der Waals surface area contributed by atoms with E-state index in [1.165, 1.54) is 0 Å². The van der Waals surface area contributed by atoms with Crippen LogP contribution in [0, 0.1) is 6.92 Å². The van der Waals surface area contributed by atoms with Gasteiger partial charge in [0.25, 0.3) is 5.91 Å². The van der Waals surface area contributed by atoms with Gasteiger partial charge >= 0.3 is 0 Å². The molecule has 1 saturated heterocycles. The lowest BCUT2D eigenvalue weighted by molar-refractivity contribution is 0.0925. The third-order valence-electron chi connectivity index (χ3n) is 3.82. The molecule has 23 heavy (non-hydrogen) atoms. The maximum atomic E-state index is 12.3. The van der Waals surface area contributed by atoms with E-state index in [1.807, 2.05) is 37.3 Å². The van der Waals surface area contributed by atoms with Gasteiger partial charge in [0.15, 0.2) is 5.69 Å². The zero-order valence-corrected chi connectivity index (χ0v) is 15.3. The van der Waals surface area contributed by atoms with E-state index in [0.29, 0.717) is 5.69 Å². The Morgan fingerprint density at radius 2 is 2.13 bits per heavy atom. The van der Waals surface area contributed by atoms with Gasteiger partial charge in [-0.25, -0.2) is 4.68 Å². The molecule has 0 aliphatic carbocycles. The van der Waals surface area contributed by atoms with Gasteiger partial charge in [0, 0.05) is 22.8 Å². The molecule has 7 heteroatoms. The lowest BCUT2D eigenvalue weighted by atomic mass is 10.1. The van der Waals surface area contributed by atoms with Crippen LogP contribution in [0.4, 0.5) is 0 Å². The molecular weight excluding hydrogens is 380 g/mol. The second kappa shape index (κ2) is 7.95. The van der Waals surface area contributed by atoms with Crippen molar-refractivity contribution in [2.45, 2.75) is 25.8 Å². The second-order valence-electron chi connectivity index (χ2n) is 5.58. The van der Waals surface area contributed by atoms with Crippen molar-refractivity contribution < 1.29 is 4.79 Å². The maximum Gasteiger partial charge on any atom is 0.272 e. The third kappa shape index (κ3) is 4.34. The number of benzene rings is 1. The van der Waals surface area contributed by atoms with Gasteiger partial charge in [-0.05, 0) is 56.6 Å². The molecule has 0 bridgehead atoms. The lowest BCUT2D eigenvalue weighted by Crippen LogP contribution is -2.45. The molecule has 2 aromatic rings. The molecule has 1 aromatic heterocycles. The fraction of sp³-hybridized carbons (Fsp3) is 0.375. The van der Waals surface area contributed by atoms with Gasteiger partial charge in [-0.15, -0.1) is 12.4 Å². The first-order chi connectivity index (χ1) is 10.6. The number of halogens is 2. The number of nitrogens with one attached hydrogen (secondary N) is 2. The Labute approximate surface area is 150 Å². The van der Waals surface area contributed by atoms with Crippen LogP contribution in [0.15, 0.2) is 34.8 Å². The summed E-state index contributed by atoms with van der Waals surface area (Å²) in [4.78, 5) is 12.3. The minimum absolute atomic E-state index is 0. The Morgan fingerprint density at radius 3 is 2.78 bits per heavy atom. The van der Waals surface area contributed by atoms with E-state index in [4.69, 9.17) is 0 Å². The summed E-state index contributed by atoms with van der Waals surface area (Å²) in [7, 11) is 0. The van der Waals surface area contributed by atoms with E-state index in [-0.39, 0.29) is 24.4 Å². The van der Waals surface area contributed by atoms with Crippen molar-refractivity contribution in [2.75, 3.05) is 13.1 Å². The summed E-state index contributed by atoms with van der Waals surface area (Å²) in [5, 5.41) is 10.8. The molecule has 0 spiro atoms. The van der Waals surface area contributed by atoms with Gasteiger partial charge in [0.1, 0.15) is 0 Å². The van der Waals surface area contributed by atoms with Crippen LogP contribution in [0.3, 0.4) is 0 Å². The van der Waals surface area contributed by atoms with Crippen LogP contribution in [0.25, 0.3) is 5.69 Å².